The maximum atomic E-state index is 14.7. The number of hydrogen-bond donors (Lipinski definition) is 1. The van der Waals surface area contributed by atoms with Gasteiger partial charge < -0.3 is 24.0 Å². The fourth-order valence-corrected chi connectivity index (χ4v) is 9.12. The summed E-state index contributed by atoms with van der Waals surface area (Å²) in [5, 5.41) is 10.1. The van der Waals surface area contributed by atoms with E-state index < -0.39 is 0 Å². The highest BCUT2D eigenvalue weighted by atomic mass is 16.3. The molecule has 4 atom stereocenters. The normalized spacial score (nSPS) is 24.4. The van der Waals surface area contributed by atoms with Gasteiger partial charge in [-0.1, -0.05) is 24.3 Å². The summed E-state index contributed by atoms with van der Waals surface area (Å²) >= 11 is 0. The van der Waals surface area contributed by atoms with Gasteiger partial charge >= 0.3 is 0 Å². The fourth-order valence-electron chi connectivity index (χ4n) is 9.12. The molecule has 0 bridgehead atoms. The van der Waals surface area contributed by atoms with E-state index in [0.717, 1.165) is 58.0 Å². The zero-order valence-corrected chi connectivity index (χ0v) is 26.9. The lowest BCUT2D eigenvalue weighted by Crippen LogP contribution is -2.40. The first kappa shape index (κ1) is 28.3. The van der Waals surface area contributed by atoms with Crippen LogP contribution in [0, 0.1) is 23.7 Å². The summed E-state index contributed by atoms with van der Waals surface area (Å²) in [6, 6.07) is 25.0. The van der Waals surface area contributed by atoms with Crippen LogP contribution in [0.2, 0.25) is 0 Å². The molecule has 0 radical (unpaired) electrons. The lowest BCUT2D eigenvalue weighted by atomic mass is 10.0. The number of para-hydroxylation sites is 1. The SMILES string of the molecule is CN1CC2CN(N(c3cccc4oc5ccccc5c(=O)c34)c3cccc4oc5ccc(N6CC7CNCC7C6)cc5c(=O)c34)CC2C1. The molecule has 1 N–H and O–H groups in total. The molecule has 0 aliphatic carbocycles. The lowest BCUT2D eigenvalue weighted by molar-refractivity contribution is 0.282. The number of hydrazine groups is 1. The van der Waals surface area contributed by atoms with Crippen LogP contribution in [0.4, 0.5) is 17.1 Å². The van der Waals surface area contributed by atoms with Crippen molar-refractivity contribution in [3.63, 3.8) is 0 Å². The smallest absolute Gasteiger partial charge is 0.202 e. The summed E-state index contributed by atoms with van der Waals surface area (Å²) < 4.78 is 12.8. The minimum atomic E-state index is -0.0838. The van der Waals surface area contributed by atoms with Gasteiger partial charge in [0, 0.05) is 58.0 Å². The summed E-state index contributed by atoms with van der Waals surface area (Å²) in [6.07, 6.45) is 0. The van der Waals surface area contributed by atoms with Gasteiger partial charge in [0.1, 0.15) is 22.3 Å². The largest absolute Gasteiger partial charge is 0.456 e. The second kappa shape index (κ2) is 10.7. The molecule has 4 fully saturated rings. The molecule has 6 aromatic rings. The highest BCUT2D eigenvalue weighted by Crippen LogP contribution is 2.41. The average molecular weight is 640 g/mol. The van der Waals surface area contributed by atoms with E-state index in [-0.39, 0.29) is 10.9 Å². The van der Waals surface area contributed by atoms with Crippen molar-refractivity contribution >= 4 is 60.9 Å². The molecule has 2 aromatic heterocycles. The van der Waals surface area contributed by atoms with Crippen LogP contribution in [0.5, 0.6) is 0 Å². The van der Waals surface area contributed by atoms with E-state index in [2.05, 4.69) is 38.2 Å². The number of anilines is 3. The Kier molecular flexibility index (Phi) is 6.29. The molecule has 48 heavy (non-hydrogen) atoms. The summed E-state index contributed by atoms with van der Waals surface area (Å²) in [5.74, 6) is 2.28. The van der Waals surface area contributed by atoms with Crippen molar-refractivity contribution in [3.05, 3.63) is 99.3 Å². The van der Waals surface area contributed by atoms with Gasteiger partial charge in [-0.15, -0.1) is 0 Å². The van der Waals surface area contributed by atoms with Crippen LogP contribution in [-0.4, -0.2) is 69.3 Å². The van der Waals surface area contributed by atoms with E-state index in [9.17, 15) is 9.59 Å². The first-order valence-electron chi connectivity index (χ1n) is 17.1. The standard InChI is InChI=1S/C39H37N5O4/c1-41-17-25-21-43(22-26(25)18-41)44(30-7-4-10-34-36(30)38(45)28-6-2-3-9-32(28)47-34)31-8-5-11-35-37(31)39(46)29-14-27(12-13-33(29)48-35)42-19-23-15-40-16-24(23)20-42/h2-14,23-26,40H,15-22H2,1H3. The Labute approximate surface area is 276 Å². The number of hydrogen-bond acceptors (Lipinski definition) is 9. The highest BCUT2D eigenvalue weighted by Gasteiger charge is 2.42. The zero-order chi connectivity index (χ0) is 32.1. The van der Waals surface area contributed by atoms with Crippen LogP contribution in [0.1, 0.15) is 0 Å². The zero-order valence-electron chi connectivity index (χ0n) is 26.9. The number of fused-ring (bicyclic) bond motifs is 6. The van der Waals surface area contributed by atoms with Gasteiger partial charge in [-0.05, 0) is 85.3 Å². The molecule has 4 unspecified atom stereocenters. The van der Waals surface area contributed by atoms with Gasteiger partial charge in [0.05, 0.1) is 32.9 Å². The van der Waals surface area contributed by atoms with Gasteiger partial charge in [-0.3, -0.25) is 14.6 Å². The van der Waals surface area contributed by atoms with Crippen molar-refractivity contribution in [2.24, 2.45) is 23.7 Å². The summed E-state index contributed by atoms with van der Waals surface area (Å²) in [4.78, 5) is 33.8. The molecule has 9 heteroatoms. The summed E-state index contributed by atoms with van der Waals surface area (Å²) in [6.45, 7) is 7.77. The van der Waals surface area contributed by atoms with E-state index in [4.69, 9.17) is 8.83 Å². The maximum Gasteiger partial charge on any atom is 0.202 e. The van der Waals surface area contributed by atoms with Crippen molar-refractivity contribution < 1.29 is 8.83 Å². The monoisotopic (exact) mass is 639 g/mol. The van der Waals surface area contributed by atoms with Gasteiger partial charge in [0.25, 0.3) is 0 Å². The van der Waals surface area contributed by atoms with Crippen LogP contribution in [0.15, 0.2) is 97.3 Å². The van der Waals surface area contributed by atoms with E-state index in [1.807, 2.05) is 72.8 Å². The van der Waals surface area contributed by atoms with E-state index in [1.54, 1.807) is 0 Å². The number of likely N-dealkylation sites (tertiary alicyclic amines) is 1. The number of nitrogens with one attached hydrogen (secondary N) is 1. The number of nitrogens with zero attached hydrogens (tertiary/aromatic N) is 4. The summed E-state index contributed by atoms with van der Waals surface area (Å²) in [7, 11) is 2.18. The number of rotatable bonds is 4. The minimum absolute atomic E-state index is 0.0633. The van der Waals surface area contributed by atoms with Crippen molar-refractivity contribution in [1.29, 1.82) is 0 Å². The van der Waals surface area contributed by atoms with Crippen LogP contribution in [-0.2, 0) is 0 Å². The highest BCUT2D eigenvalue weighted by molar-refractivity contribution is 6.03. The lowest BCUT2D eigenvalue weighted by Gasteiger charge is -2.35. The molecule has 6 heterocycles. The Balaban J connectivity index is 1.18. The van der Waals surface area contributed by atoms with Gasteiger partial charge in [-0.2, -0.15) is 0 Å². The topological polar surface area (TPSA) is 85.4 Å². The van der Waals surface area contributed by atoms with Crippen molar-refractivity contribution in [2.75, 3.05) is 69.3 Å². The van der Waals surface area contributed by atoms with E-state index >= 15 is 0 Å². The summed E-state index contributed by atoms with van der Waals surface area (Å²) in [5.41, 5.74) is 4.52. The third-order valence-corrected chi connectivity index (χ3v) is 11.4. The third-order valence-electron chi connectivity index (χ3n) is 11.4. The molecule has 10 rings (SSSR count). The molecule has 4 aliphatic heterocycles. The minimum Gasteiger partial charge on any atom is -0.456 e. The molecule has 9 nitrogen and oxygen atoms in total. The van der Waals surface area contributed by atoms with Crippen molar-refractivity contribution in [1.82, 2.24) is 15.2 Å². The van der Waals surface area contributed by atoms with E-state index in [1.165, 1.54) is 0 Å². The second-order valence-corrected chi connectivity index (χ2v) is 14.3. The molecule has 0 amide bonds. The second-order valence-electron chi connectivity index (χ2n) is 14.3. The Morgan fingerprint density at radius 3 is 1.88 bits per heavy atom. The average Bonchev–Trinajstić information content (AvgIpc) is 3.87. The molecule has 0 saturated carbocycles. The fraction of sp³-hybridized carbons (Fsp3) is 0.333. The molecule has 4 aliphatic rings. The van der Waals surface area contributed by atoms with Crippen LogP contribution in [0.25, 0.3) is 43.9 Å². The molecular weight excluding hydrogens is 602 g/mol. The maximum absolute atomic E-state index is 14.7. The van der Waals surface area contributed by atoms with Crippen LogP contribution in [0.3, 0.4) is 0 Å². The first-order valence-corrected chi connectivity index (χ1v) is 17.1. The van der Waals surface area contributed by atoms with Gasteiger partial charge in [0.15, 0.2) is 0 Å². The molecule has 0 spiro atoms. The van der Waals surface area contributed by atoms with Crippen LogP contribution < -0.4 is 26.1 Å². The molecule has 242 valence electrons. The quantitative estimate of drug-likeness (QED) is 0.255. The predicted octanol–water partition coefficient (Wildman–Crippen LogP) is 5.41. The Bertz CT molecular complexity index is 2360. The molecular formula is C39H37N5O4. The van der Waals surface area contributed by atoms with Gasteiger partial charge in [-0.25, -0.2) is 5.01 Å². The molecule has 4 aromatic carbocycles. The van der Waals surface area contributed by atoms with E-state index in [0.29, 0.717) is 78.9 Å². The Hall–Kier alpha value is -4.70. The molecule has 4 saturated heterocycles. The van der Waals surface area contributed by atoms with Crippen molar-refractivity contribution in [3.8, 4) is 0 Å². The van der Waals surface area contributed by atoms with Crippen molar-refractivity contribution in [2.45, 2.75) is 0 Å². The predicted molar refractivity (Wildman–Crippen MR) is 190 cm³/mol. The van der Waals surface area contributed by atoms with Gasteiger partial charge in [0.2, 0.25) is 10.9 Å². The first-order chi connectivity index (χ1) is 23.5. The third kappa shape index (κ3) is 4.27. The Morgan fingerprint density at radius 1 is 0.625 bits per heavy atom. The Morgan fingerprint density at radius 2 is 1.21 bits per heavy atom. The number of benzene rings is 4. The van der Waals surface area contributed by atoms with Crippen LogP contribution >= 0.6 is 0 Å².